The second-order valence-corrected chi connectivity index (χ2v) is 8.43. The molecule has 6 nitrogen and oxygen atoms in total. The zero-order valence-corrected chi connectivity index (χ0v) is 15.0. The Morgan fingerprint density at radius 3 is 2.40 bits per heavy atom. The molecule has 0 aromatic heterocycles. The third-order valence-electron chi connectivity index (χ3n) is 4.77. The maximum absolute atomic E-state index is 13.7. The minimum absolute atomic E-state index is 0.173. The topological polar surface area (TPSA) is 59.1 Å². The van der Waals surface area contributed by atoms with E-state index in [1.54, 1.807) is 17.0 Å². The van der Waals surface area contributed by atoms with Gasteiger partial charge in [0.15, 0.2) is 0 Å². The summed E-state index contributed by atoms with van der Waals surface area (Å²) < 4.78 is 64.0. The minimum Gasteiger partial charge on any atom is -0.497 e. The fourth-order valence-corrected chi connectivity index (χ4v) is 4.93. The Bertz CT molecular complexity index is 705. The van der Waals surface area contributed by atoms with Crippen molar-refractivity contribution < 1.29 is 26.7 Å². The lowest BCUT2D eigenvalue weighted by molar-refractivity contribution is -0.00294. The van der Waals surface area contributed by atoms with Gasteiger partial charge in [-0.3, -0.25) is 4.90 Å². The first-order valence-corrected chi connectivity index (χ1v) is 9.47. The van der Waals surface area contributed by atoms with Crippen LogP contribution < -0.4 is 4.74 Å². The molecule has 3 rings (SSSR count). The molecule has 0 amide bonds. The zero-order chi connectivity index (χ0) is 18.2. The Morgan fingerprint density at radius 2 is 1.84 bits per heavy atom. The Balaban J connectivity index is 1.66. The van der Waals surface area contributed by atoms with Crippen LogP contribution >= 0.6 is 0 Å². The number of benzene rings is 1. The Kier molecular flexibility index (Phi) is 5.02. The van der Waals surface area contributed by atoms with Crippen LogP contribution in [0.4, 0.5) is 8.78 Å². The van der Waals surface area contributed by atoms with E-state index in [1.807, 2.05) is 0 Å². The van der Waals surface area contributed by atoms with Gasteiger partial charge in [0.25, 0.3) is 5.92 Å². The predicted molar refractivity (Wildman–Crippen MR) is 87.5 cm³/mol. The third-order valence-corrected chi connectivity index (χ3v) is 6.62. The van der Waals surface area contributed by atoms with Crippen LogP contribution in [0, 0.1) is 0 Å². The molecule has 2 saturated heterocycles. The van der Waals surface area contributed by atoms with Crippen LogP contribution in [0.2, 0.25) is 0 Å². The highest BCUT2D eigenvalue weighted by atomic mass is 32.2. The molecule has 0 N–H and O–H groups in total. The molecule has 0 spiro atoms. The number of hydrogen-bond donors (Lipinski definition) is 0. The molecule has 1 aromatic carbocycles. The fraction of sp³-hybridized carbons (Fsp3) is 0.625. The summed E-state index contributed by atoms with van der Waals surface area (Å²) in [7, 11) is -0.628. The molecule has 1 aromatic rings. The van der Waals surface area contributed by atoms with Crippen molar-refractivity contribution in [3.05, 3.63) is 24.3 Å². The quantitative estimate of drug-likeness (QED) is 0.752. The normalized spacial score (nSPS) is 25.0. The van der Waals surface area contributed by atoms with E-state index in [2.05, 4.69) is 0 Å². The summed E-state index contributed by atoms with van der Waals surface area (Å²) in [5.41, 5.74) is 0. The monoisotopic (exact) mass is 376 g/mol. The number of hydrogen-bond acceptors (Lipinski definition) is 5. The Morgan fingerprint density at radius 1 is 1.20 bits per heavy atom. The second-order valence-electron chi connectivity index (χ2n) is 6.49. The average Bonchev–Trinajstić information content (AvgIpc) is 2.80. The molecule has 0 aliphatic carbocycles. The molecule has 25 heavy (non-hydrogen) atoms. The highest BCUT2D eigenvalue weighted by molar-refractivity contribution is 7.89. The van der Waals surface area contributed by atoms with Gasteiger partial charge in [0.05, 0.1) is 25.2 Å². The first-order valence-electron chi connectivity index (χ1n) is 8.03. The molecule has 2 aliphatic rings. The fourth-order valence-electron chi connectivity index (χ4n) is 3.42. The average molecular weight is 376 g/mol. The largest absolute Gasteiger partial charge is 0.497 e. The van der Waals surface area contributed by atoms with Crippen molar-refractivity contribution in [2.24, 2.45) is 0 Å². The number of halogens is 2. The number of alkyl halides is 2. The van der Waals surface area contributed by atoms with Gasteiger partial charge in [-0.1, -0.05) is 0 Å². The molecule has 2 aliphatic heterocycles. The number of ether oxygens (including phenoxy) is 2. The van der Waals surface area contributed by atoms with Gasteiger partial charge < -0.3 is 9.47 Å². The van der Waals surface area contributed by atoms with E-state index in [0.29, 0.717) is 5.75 Å². The number of sulfonamides is 1. The van der Waals surface area contributed by atoms with Gasteiger partial charge in [0.2, 0.25) is 10.0 Å². The van der Waals surface area contributed by atoms with E-state index < -0.39 is 15.9 Å². The first kappa shape index (κ1) is 18.5. The van der Waals surface area contributed by atoms with Gasteiger partial charge >= 0.3 is 0 Å². The van der Waals surface area contributed by atoms with Crippen LogP contribution in [0.1, 0.15) is 6.42 Å². The lowest BCUT2D eigenvalue weighted by Crippen LogP contribution is -2.62. The van der Waals surface area contributed by atoms with Crippen molar-refractivity contribution in [1.82, 2.24) is 9.21 Å². The van der Waals surface area contributed by atoms with Crippen molar-refractivity contribution >= 4 is 10.0 Å². The van der Waals surface area contributed by atoms with E-state index in [4.69, 9.17) is 9.47 Å². The molecule has 0 bridgehead atoms. The van der Waals surface area contributed by atoms with Crippen molar-refractivity contribution in [3.8, 4) is 5.75 Å². The Hall–Kier alpha value is -1.29. The summed E-state index contributed by atoms with van der Waals surface area (Å²) in [5, 5.41) is 0. The van der Waals surface area contributed by atoms with Crippen molar-refractivity contribution in [1.29, 1.82) is 0 Å². The minimum atomic E-state index is -3.62. The summed E-state index contributed by atoms with van der Waals surface area (Å²) in [4.78, 5) is 1.86. The van der Waals surface area contributed by atoms with E-state index in [0.717, 1.165) is 0 Å². The molecule has 1 atom stereocenters. The van der Waals surface area contributed by atoms with Crippen molar-refractivity contribution in [2.75, 3.05) is 40.5 Å². The lowest BCUT2D eigenvalue weighted by Gasteiger charge is -2.44. The number of nitrogens with zero attached hydrogens (tertiary/aromatic N) is 2. The first-order chi connectivity index (χ1) is 11.8. The van der Waals surface area contributed by atoms with Gasteiger partial charge in [0.1, 0.15) is 5.75 Å². The van der Waals surface area contributed by atoms with E-state index in [9.17, 15) is 17.2 Å². The van der Waals surface area contributed by atoms with Gasteiger partial charge in [0, 0.05) is 38.7 Å². The summed E-state index contributed by atoms with van der Waals surface area (Å²) in [5.74, 6) is -2.18. The van der Waals surface area contributed by atoms with Gasteiger partial charge in [-0.25, -0.2) is 17.2 Å². The van der Waals surface area contributed by atoms with E-state index in [-0.39, 0.29) is 49.6 Å². The summed E-state index contributed by atoms with van der Waals surface area (Å²) >= 11 is 0. The van der Waals surface area contributed by atoms with Crippen LogP contribution in [-0.2, 0) is 14.8 Å². The number of likely N-dealkylation sites (tertiary alicyclic amines) is 1. The molecule has 140 valence electrons. The van der Waals surface area contributed by atoms with Crippen LogP contribution in [0.3, 0.4) is 0 Å². The summed E-state index contributed by atoms with van der Waals surface area (Å²) in [6.07, 6.45) is -0.247. The third kappa shape index (κ3) is 3.64. The number of methoxy groups -OCH3 is 2. The van der Waals surface area contributed by atoms with Crippen LogP contribution in [-0.4, -0.2) is 76.1 Å². The highest BCUT2D eigenvalue weighted by Crippen LogP contribution is 2.36. The predicted octanol–water partition coefficient (Wildman–Crippen LogP) is 1.42. The highest BCUT2D eigenvalue weighted by Gasteiger charge is 2.51. The maximum atomic E-state index is 13.7. The molecular formula is C16H22F2N2O4S. The molecule has 2 heterocycles. The van der Waals surface area contributed by atoms with Gasteiger partial charge in [-0.2, -0.15) is 4.31 Å². The molecule has 9 heteroatoms. The summed E-state index contributed by atoms with van der Waals surface area (Å²) in [6.45, 7) is 0.300. The molecule has 2 fully saturated rings. The van der Waals surface area contributed by atoms with E-state index in [1.165, 1.54) is 30.7 Å². The van der Waals surface area contributed by atoms with Crippen molar-refractivity contribution in [2.45, 2.75) is 29.3 Å². The standard InChI is InChI=1S/C16H22F2N2O4S/c1-23-10-12-7-16(17,18)11-20(12)13-8-19(9-13)25(21,22)15-5-3-14(24-2)4-6-15/h3-6,12-13H,7-11H2,1-2H3/t12-/m0/s1. The zero-order valence-electron chi connectivity index (χ0n) is 14.2. The molecular weight excluding hydrogens is 354 g/mol. The van der Waals surface area contributed by atoms with E-state index >= 15 is 0 Å². The maximum Gasteiger partial charge on any atom is 0.262 e. The van der Waals surface area contributed by atoms with Crippen molar-refractivity contribution in [3.63, 3.8) is 0 Å². The molecule has 0 saturated carbocycles. The smallest absolute Gasteiger partial charge is 0.262 e. The van der Waals surface area contributed by atoms with Crippen LogP contribution in [0.15, 0.2) is 29.2 Å². The van der Waals surface area contributed by atoms with Crippen LogP contribution in [0.5, 0.6) is 5.75 Å². The number of rotatable bonds is 6. The Labute approximate surface area is 146 Å². The second kappa shape index (κ2) is 6.79. The van der Waals surface area contributed by atoms with Gasteiger partial charge in [-0.05, 0) is 24.3 Å². The molecule has 0 radical (unpaired) electrons. The lowest BCUT2D eigenvalue weighted by atomic mass is 10.1. The summed E-state index contributed by atoms with van der Waals surface area (Å²) in [6, 6.07) is 5.55. The SMILES string of the molecule is COC[C@@H]1CC(F)(F)CN1C1CN(S(=O)(=O)c2ccc(OC)cc2)C1. The van der Waals surface area contributed by atoms with Crippen LogP contribution in [0.25, 0.3) is 0 Å². The van der Waals surface area contributed by atoms with Gasteiger partial charge in [-0.15, -0.1) is 0 Å². The molecule has 0 unspecified atom stereocenters.